The Morgan fingerprint density at radius 2 is 2.06 bits per heavy atom. The van der Waals surface area contributed by atoms with Crippen LogP contribution >= 0.6 is 0 Å². The molecule has 1 aromatic carbocycles. The normalized spacial score (nSPS) is 10.1. The van der Waals surface area contributed by atoms with E-state index in [0.29, 0.717) is 6.61 Å². The molecule has 0 bridgehead atoms. The predicted octanol–water partition coefficient (Wildman–Crippen LogP) is 2.71. The molecule has 1 N–H and O–H groups in total. The van der Waals surface area contributed by atoms with Crippen LogP contribution in [-0.4, -0.2) is 24.3 Å². The number of benzene rings is 1. The molecule has 0 radical (unpaired) electrons. The standard InChI is InChI=1S/C12H15FO4/c1-3-7-17-9-6-5-8(12(14)15)11(10(9)13)16-4-2/h5-6H,3-4,7H2,1-2H3,(H,14,15). The average Bonchev–Trinajstić information content (AvgIpc) is 2.30. The molecule has 1 rings (SSSR count). The van der Waals surface area contributed by atoms with Gasteiger partial charge in [0.05, 0.1) is 13.2 Å². The first-order chi connectivity index (χ1) is 8.11. The average molecular weight is 242 g/mol. The van der Waals surface area contributed by atoms with Gasteiger partial charge >= 0.3 is 5.97 Å². The number of carboxylic acid groups (broad SMARTS) is 1. The zero-order valence-electron chi connectivity index (χ0n) is 9.83. The first kappa shape index (κ1) is 13.3. The van der Waals surface area contributed by atoms with E-state index in [9.17, 15) is 9.18 Å². The number of ether oxygens (including phenoxy) is 2. The van der Waals surface area contributed by atoms with E-state index >= 15 is 0 Å². The Labute approximate surface area is 99.0 Å². The highest BCUT2D eigenvalue weighted by Gasteiger charge is 2.19. The molecule has 94 valence electrons. The van der Waals surface area contributed by atoms with Crippen LogP contribution in [0.2, 0.25) is 0 Å². The Morgan fingerprint density at radius 1 is 1.35 bits per heavy atom. The Bertz CT molecular complexity index is 404. The molecule has 0 aliphatic rings. The maximum absolute atomic E-state index is 13.9. The summed E-state index contributed by atoms with van der Waals surface area (Å²) in [5, 5.41) is 8.90. The van der Waals surface area contributed by atoms with Crippen molar-refractivity contribution in [2.75, 3.05) is 13.2 Å². The molecule has 1 aromatic rings. The van der Waals surface area contributed by atoms with Gasteiger partial charge < -0.3 is 14.6 Å². The quantitative estimate of drug-likeness (QED) is 0.833. The van der Waals surface area contributed by atoms with Crippen LogP contribution in [0.1, 0.15) is 30.6 Å². The van der Waals surface area contributed by atoms with E-state index in [1.807, 2.05) is 6.92 Å². The van der Waals surface area contributed by atoms with Crippen LogP contribution < -0.4 is 9.47 Å². The molecule has 0 fully saturated rings. The van der Waals surface area contributed by atoms with Crippen molar-refractivity contribution >= 4 is 5.97 Å². The zero-order valence-corrected chi connectivity index (χ0v) is 9.83. The van der Waals surface area contributed by atoms with Gasteiger partial charge in [0.25, 0.3) is 0 Å². The van der Waals surface area contributed by atoms with Crippen LogP contribution in [0, 0.1) is 5.82 Å². The van der Waals surface area contributed by atoms with Crippen molar-refractivity contribution in [2.45, 2.75) is 20.3 Å². The van der Waals surface area contributed by atoms with Crippen LogP contribution in [0.25, 0.3) is 0 Å². The minimum absolute atomic E-state index is 0.0142. The van der Waals surface area contributed by atoms with Gasteiger partial charge in [-0.25, -0.2) is 4.79 Å². The number of hydrogen-bond donors (Lipinski definition) is 1. The van der Waals surface area contributed by atoms with Crippen molar-refractivity contribution in [3.05, 3.63) is 23.5 Å². The lowest BCUT2D eigenvalue weighted by Crippen LogP contribution is -2.07. The van der Waals surface area contributed by atoms with Crippen molar-refractivity contribution in [1.29, 1.82) is 0 Å². The van der Waals surface area contributed by atoms with E-state index in [-0.39, 0.29) is 23.7 Å². The van der Waals surface area contributed by atoms with Crippen molar-refractivity contribution < 1.29 is 23.8 Å². The Kier molecular flexibility index (Phi) is 4.75. The fourth-order valence-electron chi connectivity index (χ4n) is 1.32. The summed E-state index contributed by atoms with van der Waals surface area (Å²) in [4.78, 5) is 10.9. The van der Waals surface area contributed by atoms with E-state index in [2.05, 4.69) is 0 Å². The van der Waals surface area contributed by atoms with Gasteiger partial charge in [-0.3, -0.25) is 0 Å². The van der Waals surface area contributed by atoms with Crippen molar-refractivity contribution in [3.8, 4) is 11.5 Å². The van der Waals surface area contributed by atoms with Gasteiger partial charge in [-0.1, -0.05) is 6.92 Å². The highest BCUT2D eigenvalue weighted by molar-refractivity contribution is 5.91. The van der Waals surface area contributed by atoms with Gasteiger partial charge in [0, 0.05) is 0 Å². The van der Waals surface area contributed by atoms with E-state index in [4.69, 9.17) is 14.6 Å². The molecular formula is C12H15FO4. The summed E-state index contributed by atoms with van der Waals surface area (Å²) >= 11 is 0. The molecular weight excluding hydrogens is 227 g/mol. The first-order valence-corrected chi connectivity index (χ1v) is 5.43. The summed E-state index contributed by atoms with van der Waals surface area (Å²) in [5.74, 6) is -2.25. The van der Waals surface area contributed by atoms with Gasteiger partial charge in [-0.15, -0.1) is 0 Å². The van der Waals surface area contributed by atoms with E-state index in [1.54, 1.807) is 6.92 Å². The largest absolute Gasteiger partial charge is 0.490 e. The zero-order chi connectivity index (χ0) is 12.8. The minimum atomic E-state index is -1.23. The Balaban J connectivity index is 3.13. The summed E-state index contributed by atoms with van der Waals surface area (Å²) in [7, 11) is 0. The van der Waals surface area contributed by atoms with Crippen LogP contribution in [0.15, 0.2) is 12.1 Å². The van der Waals surface area contributed by atoms with Crippen molar-refractivity contribution in [1.82, 2.24) is 0 Å². The lowest BCUT2D eigenvalue weighted by Gasteiger charge is -2.12. The molecule has 0 heterocycles. The predicted molar refractivity (Wildman–Crippen MR) is 60.3 cm³/mol. The highest BCUT2D eigenvalue weighted by Crippen LogP contribution is 2.30. The van der Waals surface area contributed by atoms with Gasteiger partial charge in [-0.05, 0) is 25.5 Å². The third-order valence-electron chi connectivity index (χ3n) is 2.04. The van der Waals surface area contributed by atoms with Crippen LogP contribution in [0.5, 0.6) is 11.5 Å². The molecule has 0 amide bonds. The highest BCUT2D eigenvalue weighted by atomic mass is 19.1. The number of halogens is 1. The lowest BCUT2D eigenvalue weighted by atomic mass is 10.2. The summed E-state index contributed by atoms with van der Waals surface area (Å²) in [6, 6.07) is 2.58. The molecule has 0 aliphatic carbocycles. The molecule has 0 aromatic heterocycles. The van der Waals surface area contributed by atoms with Crippen LogP contribution in [0.4, 0.5) is 4.39 Å². The number of rotatable bonds is 6. The third-order valence-corrected chi connectivity index (χ3v) is 2.04. The molecule has 4 nitrogen and oxygen atoms in total. The van der Waals surface area contributed by atoms with Crippen molar-refractivity contribution in [2.24, 2.45) is 0 Å². The second kappa shape index (κ2) is 6.08. The van der Waals surface area contributed by atoms with Gasteiger partial charge in [-0.2, -0.15) is 4.39 Å². The van der Waals surface area contributed by atoms with Gasteiger partial charge in [0.15, 0.2) is 11.5 Å². The maximum atomic E-state index is 13.9. The smallest absolute Gasteiger partial charge is 0.339 e. The van der Waals surface area contributed by atoms with Crippen LogP contribution in [0.3, 0.4) is 0 Å². The molecule has 0 saturated carbocycles. The fraction of sp³-hybridized carbons (Fsp3) is 0.417. The second-order valence-electron chi connectivity index (χ2n) is 3.34. The molecule has 0 saturated heterocycles. The number of carbonyl (C=O) groups is 1. The SMILES string of the molecule is CCCOc1ccc(C(=O)O)c(OCC)c1F. The fourth-order valence-corrected chi connectivity index (χ4v) is 1.32. The summed E-state index contributed by atoms with van der Waals surface area (Å²) in [6.07, 6.45) is 0.740. The number of carboxylic acids is 1. The summed E-state index contributed by atoms with van der Waals surface area (Å²) < 4.78 is 24.1. The van der Waals surface area contributed by atoms with E-state index < -0.39 is 11.8 Å². The number of hydrogen-bond acceptors (Lipinski definition) is 3. The Hall–Kier alpha value is -1.78. The molecule has 0 aliphatic heterocycles. The van der Waals surface area contributed by atoms with Gasteiger partial charge in [0.2, 0.25) is 5.82 Å². The molecule has 0 spiro atoms. The Morgan fingerprint density at radius 3 is 2.59 bits per heavy atom. The minimum Gasteiger partial charge on any atom is -0.490 e. The number of aromatic carboxylic acids is 1. The molecule has 5 heteroatoms. The molecule has 0 unspecified atom stereocenters. The first-order valence-electron chi connectivity index (χ1n) is 5.43. The van der Waals surface area contributed by atoms with Gasteiger partial charge in [0.1, 0.15) is 5.56 Å². The van der Waals surface area contributed by atoms with Crippen LogP contribution in [-0.2, 0) is 0 Å². The van der Waals surface area contributed by atoms with Crippen molar-refractivity contribution in [3.63, 3.8) is 0 Å². The lowest BCUT2D eigenvalue weighted by molar-refractivity contribution is 0.0691. The monoisotopic (exact) mass is 242 g/mol. The summed E-state index contributed by atoms with van der Waals surface area (Å²) in [6.45, 7) is 4.11. The maximum Gasteiger partial charge on any atom is 0.339 e. The molecule has 17 heavy (non-hydrogen) atoms. The third kappa shape index (κ3) is 3.09. The van der Waals surface area contributed by atoms with E-state index in [1.165, 1.54) is 12.1 Å². The van der Waals surface area contributed by atoms with E-state index in [0.717, 1.165) is 6.42 Å². The molecule has 0 atom stereocenters. The second-order valence-corrected chi connectivity index (χ2v) is 3.34. The summed E-state index contributed by atoms with van der Waals surface area (Å²) in [5.41, 5.74) is -0.201. The topological polar surface area (TPSA) is 55.8 Å².